The average Bonchev–Trinajstić information content (AvgIpc) is 2.72. The normalized spacial score (nSPS) is 42.6. The van der Waals surface area contributed by atoms with Crippen molar-refractivity contribution >= 4 is 11.6 Å². The zero-order chi connectivity index (χ0) is 24.2. The Kier molecular flexibility index (Phi) is 4.69. The van der Waals surface area contributed by atoms with Crippen LogP contribution < -0.4 is 10.4 Å². The largest absolute Gasteiger partial charge is 0.483 e. The second kappa shape index (κ2) is 6.50. The molecule has 0 radical (unpaired) electrons. The minimum absolute atomic E-state index is 0.0972. The molecule has 4 rings (SSSR count). The Morgan fingerprint density at radius 2 is 1.69 bits per heavy atom. The molecule has 1 aromatic heterocycles. The third kappa shape index (κ3) is 2.35. The van der Waals surface area contributed by atoms with Crippen LogP contribution in [0.25, 0.3) is 0 Å². The molecular weight excluding hydrogens is 420 g/mol. The second-order valence-electron chi connectivity index (χ2n) is 10.2. The van der Waals surface area contributed by atoms with Gasteiger partial charge in [-0.15, -0.1) is 0 Å². The molecule has 0 bridgehead atoms. The lowest BCUT2D eigenvalue weighted by Gasteiger charge is -2.65. The lowest BCUT2D eigenvalue weighted by molar-refractivity contribution is -0.316. The Morgan fingerprint density at radius 3 is 2.25 bits per heavy atom. The topological polar surface area (TPSA) is 144 Å². The van der Waals surface area contributed by atoms with Gasteiger partial charge >= 0.3 is 5.63 Å². The summed E-state index contributed by atoms with van der Waals surface area (Å²) in [5, 5.41) is 34.9. The summed E-state index contributed by atoms with van der Waals surface area (Å²) in [6.45, 7) is 9.10. The molecule has 3 N–H and O–H groups in total. The van der Waals surface area contributed by atoms with Crippen LogP contribution in [-0.4, -0.2) is 56.9 Å². The molecule has 2 saturated carbocycles. The number of carbonyl (C=O) groups excluding carboxylic acids is 2. The highest BCUT2D eigenvalue weighted by molar-refractivity contribution is 6.13. The molecular formula is C23H30O9. The van der Waals surface area contributed by atoms with Crippen LogP contribution in [0.1, 0.15) is 57.1 Å². The lowest BCUT2D eigenvalue weighted by Crippen LogP contribution is -2.85. The van der Waals surface area contributed by atoms with Gasteiger partial charge in [0.15, 0.2) is 11.4 Å². The first-order valence-corrected chi connectivity index (χ1v) is 10.7. The Morgan fingerprint density at radius 1 is 1.09 bits per heavy atom. The van der Waals surface area contributed by atoms with E-state index in [1.807, 2.05) is 0 Å². The molecule has 0 spiro atoms. The van der Waals surface area contributed by atoms with Crippen LogP contribution in [0.2, 0.25) is 0 Å². The number of aliphatic hydroxyl groups is 3. The van der Waals surface area contributed by atoms with Crippen molar-refractivity contribution < 1.29 is 38.8 Å². The third-order valence-electron chi connectivity index (χ3n) is 8.36. The van der Waals surface area contributed by atoms with E-state index in [0.29, 0.717) is 11.3 Å². The number of Topliss-reactive ketones (excluding diaryl/α,β-unsaturated/α-hetero) is 2. The molecule has 2 heterocycles. The van der Waals surface area contributed by atoms with Crippen LogP contribution in [-0.2, 0) is 14.3 Å². The standard InChI is InChI=1S/C23H30O9/c1-9-11(3)31-17(25)13-15(9)32-21(6)14(16(13)30-7)10(2)22(28)8-12(24)20(4,5)18(26)23(22,29)19(21)27/h10,14,16,19,27-29H,8H2,1-7H3. The highest BCUT2D eigenvalue weighted by Crippen LogP contribution is 2.62. The van der Waals surface area contributed by atoms with Crippen molar-refractivity contribution in [3.05, 3.63) is 27.3 Å². The molecule has 2 fully saturated rings. The molecule has 9 nitrogen and oxygen atoms in total. The number of aliphatic hydroxyl groups excluding tert-OH is 1. The fraction of sp³-hybridized carbons (Fsp3) is 0.696. The lowest BCUT2D eigenvalue weighted by atomic mass is 9.45. The number of hydrogen-bond acceptors (Lipinski definition) is 9. The maximum atomic E-state index is 13.4. The third-order valence-corrected chi connectivity index (χ3v) is 8.36. The minimum atomic E-state index is -2.67. The Hall–Kier alpha value is -2.07. The summed E-state index contributed by atoms with van der Waals surface area (Å²) < 4.78 is 17.2. The van der Waals surface area contributed by atoms with Gasteiger partial charge in [-0.25, -0.2) is 4.79 Å². The summed E-state index contributed by atoms with van der Waals surface area (Å²) in [6.07, 6.45) is -3.45. The van der Waals surface area contributed by atoms with Crippen molar-refractivity contribution in [3.8, 4) is 5.75 Å². The fourth-order valence-corrected chi connectivity index (χ4v) is 6.11. The van der Waals surface area contributed by atoms with Crippen LogP contribution in [0.15, 0.2) is 9.21 Å². The van der Waals surface area contributed by atoms with Gasteiger partial charge in [0.25, 0.3) is 0 Å². The van der Waals surface area contributed by atoms with Gasteiger partial charge in [0.05, 0.1) is 5.41 Å². The molecule has 9 heteroatoms. The van der Waals surface area contributed by atoms with Crippen LogP contribution in [0.3, 0.4) is 0 Å². The summed E-state index contributed by atoms with van der Waals surface area (Å²) in [5.41, 5.74) is -8.27. The Balaban J connectivity index is 2.02. The van der Waals surface area contributed by atoms with Gasteiger partial charge in [-0.2, -0.15) is 0 Å². The minimum Gasteiger partial charge on any atom is -0.483 e. The SMILES string of the molecule is COC1c2c(c(C)c(C)oc2=O)OC2(C)C1C(C)C1(O)CC(=O)C(C)(C)C(=O)C1(O)C2O. The van der Waals surface area contributed by atoms with Crippen LogP contribution >= 0.6 is 0 Å². The molecule has 176 valence electrons. The number of carbonyl (C=O) groups is 2. The molecule has 3 aliphatic rings. The average molecular weight is 450 g/mol. The Bertz CT molecular complexity index is 1090. The number of ketones is 2. The summed E-state index contributed by atoms with van der Waals surface area (Å²) in [7, 11) is 1.37. The van der Waals surface area contributed by atoms with Gasteiger partial charge in [0, 0.05) is 25.0 Å². The molecule has 1 aromatic rings. The second-order valence-corrected chi connectivity index (χ2v) is 10.2. The monoisotopic (exact) mass is 450 g/mol. The molecule has 0 aromatic carbocycles. The summed E-state index contributed by atoms with van der Waals surface area (Å²) in [5.74, 6) is -2.92. The van der Waals surface area contributed by atoms with E-state index in [2.05, 4.69) is 0 Å². The van der Waals surface area contributed by atoms with E-state index in [4.69, 9.17) is 13.9 Å². The van der Waals surface area contributed by atoms with E-state index < -0.39 is 69.9 Å². The maximum absolute atomic E-state index is 13.4. The van der Waals surface area contributed by atoms with Crippen molar-refractivity contribution in [3.63, 3.8) is 0 Å². The first-order valence-electron chi connectivity index (χ1n) is 10.7. The molecule has 32 heavy (non-hydrogen) atoms. The molecule has 7 unspecified atom stereocenters. The first kappa shape index (κ1) is 23.1. The molecule has 7 atom stereocenters. The summed E-state index contributed by atoms with van der Waals surface area (Å²) >= 11 is 0. The Labute approximate surface area is 185 Å². The van der Waals surface area contributed by atoms with E-state index in [1.165, 1.54) is 27.9 Å². The van der Waals surface area contributed by atoms with E-state index in [-0.39, 0.29) is 11.3 Å². The zero-order valence-electron chi connectivity index (χ0n) is 19.3. The van der Waals surface area contributed by atoms with Gasteiger partial charge in [-0.05, 0) is 40.5 Å². The van der Waals surface area contributed by atoms with Gasteiger partial charge in [-0.3, -0.25) is 9.59 Å². The van der Waals surface area contributed by atoms with Crippen molar-refractivity contribution in [2.75, 3.05) is 7.11 Å². The van der Waals surface area contributed by atoms with E-state index >= 15 is 0 Å². The predicted octanol–water partition coefficient (Wildman–Crippen LogP) is 0.752. The molecule has 1 aliphatic heterocycles. The summed E-state index contributed by atoms with van der Waals surface area (Å²) in [6, 6.07) is 0. The number of fused-ring (bicyclic) bond motifs is 3. The van der Waals surface area contributed by atoms with Gasteiger partial charge in [0.2, 0.25) is 0 Å². The highest BCUT2D eigenvalue weighted by Gasteiger charge is 2.79. The molecule has 0 amide bonds. The predicted molar refractivity (Wildman–Crippen MR) is 110 cm³/mol. The maximum Gasteiger partial charge on any atom is 0.345 e. The van der Waals surface area contributed by atoms with Crippen LogP contribution in [0, 0.1) is 31.1 Å². The summed E-state index contributed by atoms with van der Waals surface area (Å²) in [4.78, 5) is 39.0. The fourth-order valence-electron chi connectivity index (χ4n) is 6.11. The number of methoxy groups -OCH3 is 1. The highest BCUT2D eigenvalue weighted by atomic mass is 16.5. The van der Waals surface area contributed by atoms with E-state index in [0.717, 1.165) is 0 Å². The number of aryl methyl sites for hydroxylation is 1. The first-order chi connectivity index (χ1) is 14.6. The smallest absolute Gasteiger partial charge is 0.345 e. The van der Waals surface area contributed by atoms with Gasteiger partial charge in [-0.1, -0.05) is 6.92 Å². The van der Waals surface area contributed by atoms with E-state index in [1.54, 1.807) is 20.8 Å². The van der Waals surface area contributed by atoms with Gasteiger partial charge < -0.3 is 29.2 Å². The quantitative estimate of drug-likeness (QED) is 0.528. The van der Waals surface area contributed by atoms with Gasteiger partial charge in [0.1, 0.15) is 46.3 Å². The van der Waals surface area contributed by atoms with Crippen molar-refractivity contribution in [1.82, 2.24) is 0 Å². The van der Waals surface area contributed by atoms with Crippen molar-refractivity contribution in [1.29, 1.82) is 0 Å². The zero-order valence-corrected chi connectivity index (χ0v) is 19.3. The van der Waals surface area contributed by atoms with E-state index in [9.17, 15) is 29.7 Å². The number of hydrogen-bond donors (Lipinski definition) is 3. The number of ether oxygens (including phenoxy) is 2. The van der Waals surface area contributed by atoms with Crippen LogP contribution in [0.5, 0.6) is 5.75 Å². The van der Waals surface area contributed by atoms with Crippen molar-refractivity contribution in [2.45, 2.75) is 77.0 Å². The van der Waals surface area contributed by atoms with Crippen LogP contribution in [0.4, 0.5) is 0 Å². The molecule has 2 aliphatic carbocycles. The van der Waals surface area contributed by atoms with Crippen molar-refractivity contribution in [2.24, 2.45) is 17.3 Å². The number of rotatable bonds is 1. The molecule has 0 saturated heterocycles.